The van der Waals surface area contributed by atoms with Crippen molar-refractivity contribution in [3.8, 4) is 0 Å². The lowest BCUT2D eigenvalue weighted by Gasteiger charge is -2.23. The molecule has 2 rings (SSSR count). The second-order valence-corrected chi connectivity index (χ2v) is 5.23. The largest absolute Gasteiger partial charge is 0.259 e. The maximum atomic E-state index is 11.4. The van der Waals surface area contributed by atoms with E-state index >= 15 is 0 Å². The minimum absolute atomic E-state index is 0.446. The molecule has 0 amide bonds. The van der Waals surface area contributed by atoms with Gasteiger partial charge in [-0.15, -0.1) is 0 Å². The molecule has 0 spiro atoms. The quantitative estimate of drug-likeness (QED) is 0.524. The first-order chi connectivity index (χ1) is 4.88. The van der Waals surface area contributed by atoms with Crippen LogP contribution < -0.4 is 0 Å². The van der Waals surface area contributed by atoms with E-state index in [2.05, 4.69) is 0 Å². The second kappa shape index (κ2) is 2.65. The third kappa shape index (κ3) is 1.03. The van der Waals surface area contributed by atoms with Crippen molar-refractivity contribution in [1.29, 1.82) is 0 Å². The molecule has 10 heavy (non-hydrogen) atoms. The molecule has 1 nitrogen and oxygen atoms in total. The summed E-state index contributed by atoms with van der Waals surface area (Å²) in [5, 5.41) is 0.605. The molecule has 0 aromatic carbocycles. The molecule has 2 aliphatic rings. The van der Waals surface area contributed by atoms with Crippen LogP contribution in [0, 0.1) is 5.92 Å². The topological polar surface area (TPSA) is 17.1 Å². The highest BCUT2D eigenvalue weighted by molar-refractivity contribution is 7.85. The van der Waals surface area contributed by atoms with Gasteiger partial charge in [0.15, 0.2) is 0 Å². The Bertz CT molecular complexity index is 155. The Morgan fingerprint density at radius 2 is 1.90 bits per heavy atom. The Labute approximate surface area is 64.7 Å². The number of hydrogen-bond acceptors (Lipinski definition) is 1. The van der Waals surface area contributed by atoms with Crippen LogP contribution in [0.3, 0.4) is 0 Å². The predicted octanol–water partition coefficient (Wildman–Crippen LogP) is 1.70. The highest BCUT2D eigenvalue weighted by Gasteiger charge is 2.34. The zero-order valence-electron chi connectivity index (χ0n) is 6.21. The van der Waals surface area contributed by atoms with Crippen molar-refractivity contribution >= 4 is 10.8 Å². The average Bonchev–Trinajstić information content (AvgIpc) is 2.36. The molecule has 1 aliphatic carbocycles. The molecule has 2 heteroatoms. The standard InChI is InChI=1S/C8H14OS/c9-10-6-2-4-7-3-1-5-8(7)10/h7-8H,1-6H2/t7-,8-,10?/m0/s1. The van der Waals surface area contributed by atoms with Crippen molar-refractivity contribution < 1.29 is 4.21 Å². The highest BCUT2D eigenvalue weighted by Crippen LogP contribution is 2.36. The van der Waals surface area contributed by atoms with Gasteiger partial charge in [-0.25, -0.2) is 0 Å². The van der Waals surface area contributed by atoms with E-state index in [9.17, 15) is 4.21 Å². The smallest absolute Gasteiger partial charge is 0.0376 e. The summed E-state index contributed by atoms with van der Waals surface area (Å²) in [5.74, 6) is 1.83. The zero-order chi connectivity index (χ0) is 6.97. The number of rotatable bonds is 0. The summed E-state index contributed by atoms with van der Waals surface area (Å²) in [4.78, 5) is 0. The molecule has 0 aromatic heterocycles. The molecule has 0 bridgehead atoms. The lowest BCUT2D eigenvalue weighted by atomic mass is 10.0. The van der Waals surface area contributed by atoms with Crippen molar-refractivity contribution in [3.63, 3.8) is 0 Å². The molecule has 58 valence electrons. The van der Waals surface area contributed by atoms with Gasteiger partial charge in [-0.05, 0) is 31.6 Å². The van der Waals surface area contributed by atoms with Gasteiger partial charge in [0.2, 0.25) is 0 Å². The van der Waals surface area contributed by atoms with E-state index in [0.717, 1.165) is 11.7 Å². The molecule has 0 aromatic rings. The molecular formula is C8H14OS. The summed E-state index contributed by atoms with van der Waals surface area (Å²) in [5.41, 5.74) is 0. The van der Waals surface area contributed by atoms with Gasteiger partial charge in [0.05, 0.1) is 0 Å². The Hall–Kier alpha value is 0.150. The van der Waals surface area contributed by atoms with E-state index in [1.807, 2.05) is 0 Å². The maximum absolute atomic E-state index is 11.4. The van der Waals surface area contributed by atoms with Gasteiger partial charge in [-0.1, -0.05) is 6.42 Å². The van der Waals surface area contributed by atoms with E-state index in [0.29, 0.717) is 5.25 Å². The van der Waals surface area contributed by atoms with Crippen LogP contribution in [0.1, 0.15) is 32.1 Å². The summed E-state index contributed by atoms with van der Waals surface area (Å²) in [7, 11) is -0.446. The second-order valence-electron chi connectivity index (χ2n) is 3.46. The van der Waals surface area contributed by atoms with Gasteiger partial charge in [-0.3, -0.25) is 4.21 Å². The van der Waals surface area contributed by atoms with Crippen LogP contribution in [0.4, 0.5) is 0 Å². The maximum Gasteiger partial charge on any atom is 0.0376 e. The first-order valence-corrected chi connectivity index (χ1v) is 5.63. The van der Waals surface area contributed by atoms with Crippen LogP contribution in [0.2, 0.25) is 0 Å². The van der Waals surface area contributed by atoms with Crippen LogP contribution >= 0.6 is 0 Å². The minimum Gasteiger partial charge on any atom is -0.259 e. The summed E-state index contributed by atoms with van der Waals surface area (Å²) < 4.78 is 11.4. The minimum atomic E-state index is -0.446. The third-order valence-electron chi connectivity index (χ3n) is 2.85. The van der Waals surface area contributed by atoms with E-state index in [1.165, 1.54) is 32.1 Å². The zero-order valence-corrected chi connectivity index (χ0v) is 7.03. The van der Waals surface area contributed by atoms with Crippen molar-refractivity contribution in [2.75, 3.05) is 5.75 Å². The number of fused-ring (bicyclic) bond motifs is 1. The molecule has 1 saturated carbocycles. The van der Waals surface area contributed by atoms with Gasteiger partial charge in [-0.2, -0.15) is 0 Å². The van der Waals surface area contributed by atoms with E-state index in [1.54, 1.807) is 0 Å². The molecular weight excluding hydrogens is 144 g/mol. The van der Waals surface area contributed by atoms with Gasteiger partial charge >= 0.3 is 0 Å². The highest BCUT2D eigenvalue weighted by atomic mass is 32.2. The fraction of sp³-hybridized carbons (Fsp3) is 1.00. The molecule has 0 radical (unpaired) electrons. The van der Waals surface area contributed by atoms with Crippen LogP contribution in [-0.4, -0.2) is 15.2 Å². The summed E-state index contributed by atoms with van der Waals surface area (Å²) in [6, 6.07) is 0. The Morgan fingerprint density at radius 1 is 1.10 bits per heavy atom. The average molecular weight is 158 g/mol. The Morgan fingerprint density at radius 3 is 2.70 bits per heavy atom. The van der Waals surface area contributed by atoms with Gasteiger partial charge < -0.3 is 0 Å². The first-order valence-electron chi connectivity index (χ1n) is 4.25. The van der Waals surface area contributed by atoms with Gasteiger partial charge in [0, 0.05) is 21.8 Å². The van der Waals surface area contributed by atoms with Crippen molar-refractivity contribution in [2.45, 2.75) is 37.4 Å². The fourth-order valence-corrected chi connectivity index (χ4v) is 4.20. The van der Waals surface area contributed by atoms with Crippen molar-refractivity contribution in [1.82, 2.24) is 0 Å². The predicted molar refractivity (Wildman–Crippen MR) is 43.4 cm³/mol. The van der Waals surface area contributed by atoms with Crippen LogP contribution in [-0.2, 0) is 10.8 Å². The summed E-state index contributed by atoms with van der Waals surface area (Å²) in [6.45, 7) is 0. The molecule has 1 saturated heterocycles. The lowest BCUT2D eigenvalue weighted by Crippen LogP contribution is -2.27. The fourth-order valence-electron chi connectivity index (χ4n) is 2.32. The van der Waals surface area contributed by atoms with Crippen LogP contribution in [0.15, 0.2) is 0 Å². The summed E-state index contributed by atoms with van der Waals surface area (Å²) >= 11 is 0. The van der Waals surface area contributed by atoms with Crippen molar-refractivity contribution in [3.05, 3.63) is 0 Å². The Balaban J connectivity index is 2.10. The van der Waals surface area contributed by atoms with Crippen LogP contribution in [0.25, 0.3) is 0 Å². The van der Waals surface area contributed by atoms with E-state index < -0.39 is 10.8 Å². The van der Waals surface area contributed by atoms with E-state index in [4.69, 9.17) is 0 Å². The molecule has 2 fully saturated rings. The molecule has 1 unspecified atom stereocenters. The van der Waals surface area contributed by atoms with Gasteiger partial charge in [0.1, 0.15) is 0 Å². The van der Waals surface area contributed by atoms with Gasteiger partial charge in [0.25, 0.3) is 0 Å². The normalized spacial score (nSPS) is 47.0. The van der Waals surface area contributed by atoms with E-state index in [-0.39, 0.29) is 0 Å². The SMILES string of the molecule is O=S1CCC[C@@H]2CCC[C@@H]21. The summed E-state index contributed by atoms with van der Waals surface area (Å²) in [6.07, 6.45) is 6.51. The molecule has 0 N–H and O–H groups in total. The number of hydrogen-bond donors (Lipinski definition) is 0. The van der Waals surface area contributed by atoms with Crippen molar-refractivity contribution in [2.24, 2.45) is 5.92 Å². The lowest BCUT2D eigenvalue weighted by molar-refractivity contribution is 0.479. The molecule has 1 heterocycles. The van der Waals surface area contributed by atoms with Crippen LogP contribution in [0.5, 0.6) is 0 Å². The monoisotopic (exact) mass is 158 g/mol. The third-order valence-corrected chi connectivity index (χ3v) is 4.83. The molecule has 3 atom stereocenters. The Kier molecular flexibility index (Phi) is 1.81. The first kappa shape index (κ1) is 6.84. The molecule has 1 aliphatic heterocycles.